The monoisotopic (exact) mass is 376 g/mol. The number of benzene rings is 3. The van der Waals surface area contributed by atoms with E-state index in [-0.39, 0.29) is 0 Å². The van der Waals surface area contributed by atoms with Gasteiger partial charge in [-0.25, -0.2) is 9.59 Å². The van der Waals surface area contributed by atoms with Gasteiger partial charge >= 0.3 is 11.9 Å². The summed E-state index contributed by atoms with van der Waals surface area (Å²) in [5, 5.41) is 0. The summed E-state index contributed by atoms with van der Waals surface area (Å²) in [7, 11) is 2.95. The minimum absolute atomic E-state index is 0.356. The fourth-order valence-corrected chi connectivity index (χ4v) is 2.68. The van der Waals surface area contributed by atoms with Crippen molar-refractivity contribution >= 4 is 11.9 Å². The van der Waals surface area contributed by atoms with Crippen LogP contribution in [0.5, 0.6) is 11.5 Å². The second-order valence-corrected chi connectivity index (χ2v) is 6.13. The zero-order valence-electron chi connectivity index (χ0n) is 15.7. The largest absolute Gasteiger partial charge is 0.497 e. The molecule has 0 amide bonds. The smallest absolute Gasteiger partial charge is 0.343 e. The van der Waals surface area contributed by atoms with Gasteiger partial charge in [-0.05, 0) is 66.1 Å². The first-order valence-corrected chi connectivity index (χ1v) is 8.71. The zero-order chi connectivity index (χ0) is 19.9. The number of ether oxygens (including phenoxy) is 3. The number of rotatable bonds is 6. The maximum atomic E-state index is 12.3. The Morgan fingerprint density at radius 3 is 1.57 bits per heavy atom. The Hall–Kier alpha value is -3.60. The Balaban J connectivity index is 1.61. The van der Waals surface area contributed by atoms with Crippen LogP contribution in [0.3, 0.4) is 0 Å². The van der Waals surface area contributed by atoms with E-state index in [0.717, 1.165) is 23.3 Å². The summed E-state index contributed by atoms with van der Waals surface area (Å²) in [6.07, 6.45) is 0.771. The highest BCUT2D eigenvalue weighted by Gasteiger charge is 2.11. The molecular formula is C23H20O5. The summed E-state index contributed by atoms with van der Waals surface area (Å²) < 4.78 is 15.2. The molecule has 5 nitrogen and oxygen atoms in total. The van der Waals surface area contributed by atoms with Crippen LogP contribution >= 0.6 is 0 Å². The molecule has 0 aliphatic heterocycles. The van der Waals surface area contributed by atoms with Gasteiger partial charge in [-0.3, -0.25) is 0 Å². The fourth-order valence-electron chi connectivity index (χ4n) is 2.68. The van der Waals surface area contributed by atoms with Gasteiger partial charge in [0, 0.05) is 0 Å². The van der Waals surface area contributed by atoms with Crippen LogP contribution in [0.15, 0.2) is 72.8 Å². The number of esters is 2. The van der Waals surface area contributed by atoms with Gasteiger partial charge in [-0.15, -0.1) is 0 Å². The molecule has 0 aromatic heterocycles. The van der Waals surface area contributed by atoms with Crippen molar-refractivity contribution in [1.29, 1.82) is 0 Å². The molecule has 0 radical (unpaired) electrons. The van der Waals surface area contributed by atoms with E-state index in [1.165, 1.54) is 31.4 Å². The predicted octanol–water partition coefficient (Wildman–Crippen LogP) is 4.29. The van der Waals surface area contributed by atoms with Crippen molar-refractivity contribution in [2.45, 2.75) is 6.42 Å². The average molecular weight is 376 g/mol. The van der Waals surface area contributed by atoms with E-state index >= 15 is 0 Å². The molecule has 0 saturated carbocycles. The summed E-state index contributed by atoms with van der Waals surface area (Å²) in [5.41, 5.74) is 3.00. The van der Waals surface area contributed by atoms with E-state index in [4.69, 9.17) is 9.47 Å². The summed E-state index contributed by atoms with van der Waals surface area (Å²) in [6.45, 7) is 0. The van der Waals surface area contributed by atoms with E-state index in [9.17, 15) is 9.59 Å². The maximum Gasteiger partial charge on any atom is 0.343 e. The summed E-state index contributed by atoms with van der Waals surface area (Å²) in [4.78, 5) is 23.7. The Morgan fingerprint density at radius 1 is 0.643 bits per heavy atom. The molecule has 0 bridgehead atoms. The lowest BCUT2D eigenvalue weighted by atomic mass is 10.0. The Labute approximate surface area is 163 Å². The molecule has 0 fully saturated rings. The number of carbonyl (C=O) groups is 2. The van der Waals surface area contributed by atoms with E-state index in [0.29, 0.717) is 16.9 Å². The van der Waals surface area contributed by atoms with Gasteiger partial charge < -0.3 is 14.2 Å². The van der Waals surface area contributed by atoms with Crippen molar-refractivity contribution in [3.8, 4) is 11.5 Å². The van der Waals surface area contributed by atoms with Crippen molar-refractivity contribution in [3.05, 3.63) is 95.1 Å². The molecule has 3 aromatic carbocycles. The number of methoxy groups -OCH3 is 2. The molecule has 142 valence electrons. The van der Waals surface area contributed by atoms with Crippen molar-refractivity contribution in [1.82, 2.24) is 0 Å². The van der Waals surface area contributed by atoms with Crippen LogP contribution in [-0.4, -0.2) is 26.2 Å². The molecule has 5 heteroatoms. The van der Waals surface area contributed by atoms with Crippen molar-refractivity contribution in [2.24, 2.45) is 0 Å². The summed E-state index contributed by atoms with van der Waals surface area (Å²) in [5.74, 6) is 0.345. The van der Waals surface area contributed by atoms with Crippen LogP contribution in [0.1, 0.15) is 31.8 Å². The van der Waals surface area contributed by atoms with Crippen molar-refractivity contribution in [3.63, 3.8) is 0 Å². The third-order valence-electron chi connectivity index (χ3n) is 4.24. The predicted molar refractivity (Wildman–Crippen MR) is 105 cm³/mol. The molecular weight excluding hydrogens is 356 g/mol. The highest BCUT2D eigenvalue weighted by atomic mass is 16.5. The summed E-state index contributed by atoms with van der Waals surface area (Å²) >= 11 is 0. The van der Waals surface area contributed by atoms with Crippen LogP contribution in [0.4, 0.5) is 0 Å². The molecule has 0 N–H and O–H groups in total. The molecule has 0 spiro atoms. The van der Waals surface area contributed by atoms with Gasteiger partial charge in [0.05, 0.1) is 25.3 Å². The Morgan fingerprint density at radius 2 is 1.11 bits per heavy atom. The molecule has 28 heavy (non-hydrogen) atoms. The molecule has 3 rings (SSSR count). The molecule has 0 atom stereocenters. The Bertz CT molecular complexity index is 942. The number of carbonyl (C=O) groups excluding carboxylic acids is 2. The van der Waals surface area contributed by atoms with E-state index < -0.39 is 11.9 Å². The van der Waals surface area contributed by atoms with E-state index in [2.05, 4.69) is 4.74 Å². The van der Waals surface area contributed by atoms with Crippen LogP contribution in [-0.2, 0) is 11.2 Å². The van der Waals surface area contributed by atoms with Gasteiger partial charge in [0.25, 0.3) is 0 Å². The molecule has 0 saturated heterocycles. The number of hydrogen-bond acceptors (Lipinski definition) is 5. The standard InChI is InChI=1S/C23H20O5/c1-26-20-11-3-16(4-12-20)15-17-5-13-21(14-6-17)28-23(25)19-9-7-18(8-10-19)22(24)27-2/h3-14H,15H2,1-2H3. The highest BCUT2D eigenvalue weighted by Crippen LogP contribution is 2.19. The quantitative estimate of drug-likeness (QED) is 0.474. The van der Waals surface area contributed by atoms with Crippen LogP contribution in [0.25, 0.3) is 0 Å². The van der Waals surface area contributed by atoms with Gasteiger partial charge in [0.2, 0.25) is 0 Å². The van der Waals surface area contributed by atoms with Gasteiger partial charge in [-0.1, -0.05) is 24.3 Å². The van der Waals surface area contributed by atoms with E-state index in [1.807, 2.05) is 36.4 Å². The van der Waals surface area contributed by atoms with Gasteiger partial charge in [-0.2, -0.15) is 0 Å². The van der Waals surface area contributed by atoms with Gasteiger partial charge in [0.15, 0.2) is 0 Å². The lowest BCUT2D eigenvalue weighted by Gasteiger charge is -2.07. The molecule has 0 aliphatic rings. The second kappa shape index (κ2) is 8.86. The molecule has 0 unspecified atom stereocenters. The zero-order valence-corrected chi connectivity index (χ0v) is 15.7. The third kappa shape index (κ3) is 4.76. The lowest BCUT2D eigenvalue weighted by molar-refractivity contribution is 0.0599. The molecule has 3 aromatic rings. The van der Waals surface area contributed by atoms with Crippen LogP contribution in [0, 0.1) is 0 Å². The molecule has 0 aliphatic carbocycles. The second-order valence-electron chi connectivity index (χ2n) is 6.13. The average Bonchev–Trinajstić information content (AvgIpc) is 2.75. The SMILES string of the molecule is COC(=O)c1ccc(C(=O)Oc2ccc(Cc3ccc(OC)cc3)cc2)cc1. The summed E-state index contributed by atoms with van der Waals surface area (Å²) in [6, 6.07) is 21.4. The first kappa shape index (κ1) is 19.2. The normalized spacial score (nSPS) is 10.2. The van der Waals surface area contributed by atoms with Crippen LogP contribution in [0.2, 0.25) is 0 Å². The minimum atomic E-state index is -0.487. The van der Waals surface area contributed by atoms with Crippen molar-refractivity contribution in [2.75, 3.05) is 14.2 Å². The molecule has 0 heterocycles. The Kier molecular flexibility index (Phi) is 6.07. The van der Waals surface area contributed by atoms with Gasteiger partial charge in [0.1, 0.15) is 11.5 Å². The third-order valence-corrected chi connectivity index (χ3v) is 4.24. The minimum Gasteiger partial charge on any atom is -0.497 e. The first-order chi connectivity index (χ1) is 13.6. The number of hydrogen-bond donors (Lipinski definition) is 0. The van der Waals surface area contributed by atoms with E-state index in [1.54, 1.807) is 19.2 Å². The first-order valence-electron chi connectivity index (χ1n) is 8.71. The lowest BCUT2D eigenvalue weighted by Crippen LogP contribution is -2.09. The van der Waals surface area contributed by atoms with Crippen LogP contribution < -0.4 is 9.47 Å². The fraction of sp³-hybridized carbons (Fsp3) is 0.130. The maximum absolute atomic E-state index is 12.3. The van der Waals surface area contributed by atoms with Crippen molar-refractivity contribution < 1.29 is 23.8 Å². The topological polar surface area (TPSA) is 61.8 Å². The highest BCUT2D eigenvalue weighted by molar-refractivity contribution is 5.94.